The molecule has 1 aliphatic carbocycles. The molecule has 2 aliphatic rings. The molecule has 1 N–H and O–H groups in total. The number of nitrogens with zero attached hydrogens (tertiary/aromatic N) is 1. The van der Waals surface area contributed by atoms with Crippen LogP contribution in [-0.2, 0) is 0 Å². The van der Waals surface area contributed by atoms with E-state index in [2.05, 4.69) is 16.4 Å². The maximum Gasteiger partial charge on any atom is 0.251 e. The minimum absolute atomic E-state index is 0.0555. The van der Waals surface area contributed by atoms with Crippen LogP contribution in [0, 0.1) is 5.82 Å². The van der Waals surface area contributed by atoms with Crippen LogP contribution >= 0.6 is 0 Å². The lowest BCUT2D eigenvalue weighted by Gasteiger charge is -2.22. The Balaban J connectivity index is 1.66. The number of carbonyl (C=O) groups is 1. The van der Waals surface area contributed by atoms with Crippen LogP contribution < -0.4 is 5.32 Å². The van der Waals surface area contributed by atoms with Gasteiger partial charge in [-0.2, -0.15) is 0 Å². The van der Waals surface area contributed by atoms with Crippen LogP contribution in [0.5, 0.6) is 0 Å². The van der Waals surface area contributed by atoms with Crippen molar-refractivity contribution in [3.8, 4) is 0 Å². The van der Waals surface area contributed by atoms with E-state index in [-0.39, 0.29) is 17.8 Å². The predicted molar refractivity (Wildman–Crippen MR) is 71.5 cm³/mol. The summed E-state index contributed by atoms with van der Waals surface area (Å²) in [5, 5.41) is 2.95. The zero-order valence-electron chi connectivity index (χ0n) is 10.3. The first-order valence-corrected chi connectivity index (χ1v) is 6.22. The van der Waals surface area contributed by atoms with Gasteiger partial charge in [0.15, 0.2) is 0 Å². The van der Waals surface area contributed by atoms with Crippen molar-refractivity contribution < 1.29 is 9.18 Å². The molecule has 0 aromatic heterocycles. The summed E-state index contributed by atoms with van der Waals surface area (Å²) in [4.78, 5) is 16.3. The summed E-state index contributed by atoms with van der Waals surface area (Å²) < 4.78 is 12.8. The first kappa shape index (κ1) is 11.8. The molecular weight excluding hydrogens is 243 g/mol. The standard InChI is InChI=1S/C15H13FN2O/c16-12-4-1-11(2-5-12)15(19)18-13-6-3-10-7-8-17-14(10)9-13/h1-5,7-8,13H,6,9H2,(H,18,19). The third kappa shape index (κ3) is 2.47. The molecule has 0 spiro atoms. The van der Waals surface area contributed by atoms with Crippen molar-refractivity contribution in [2.24, 2.45) is 4.99 Å². The molecule has 3 nitrogen and oxygen atoms in total. The lowest BCUT2D eigenvalue weighted by Crippen LogP contribution is -2.37. The van der Waals surface area contributed by atoms with Crippen molar-refractivity contribution in [3.63, 3.8) is 0 Å². The van der Waals surface area contributed by atoms with Crippen LogP contribution in [0.2, 0.25) is 0 Å². The lowest BCUT2D eigenvalue weighted by atomic mass is 9.94. The number of hydrogen-bond acceptors (Lipinski definition) is 2. The summed E-state index contributed by atoms with van der Waals surface area (Å²) in [5.41, 5.74) is 2.66. The molecule has 0 saturated carbocycles. The van der Waals surface area contributed by atoms with Crippen LogP contribution in [0.25, 0.3) is 0 Å². The third-order valence-corrected chi connectivity index (χ3v) is 3.32. The fourth-order valence-corrected chi connectivity index (χ4v) is 2.30. The van der Waals surface area contributed by atoms with Crippen molar-refractivity contribution >= 4 is 11.6 Å². The van der Waals surface area contributed by atoms with Crippen molar-refractivity contribution in [1.29, 1.82) is 0 Å². The molecule has 1 amide bonds. The zero-order chi connectivity index (χ0) is 13.2. The van der Waals surface area contributed by atoms with Gasteiger partial charge in [0.1, 0.15) is 5.82 Å². The molecule has 1 heterocycles. The number of hydrogen-bond donors (Lipinski definition) is 1. The molecule has 0 fully saturated rings. The normalized spacial score (nSPS) is 20.6. The number of aliphatic imine (C=N–C) groups is 1. The van der Waals surface area contributed by atoms with E-state index in [1.165, 1.54) is 24.3 Å². The summed E-state index contributed by atoms with van der Waals surface area (Å²) in [6, 6.07) is 5.62. The predicted octanol–water partition coefficient (Wildman–Crippen LogP) is 2.61. The first-order valence-electron chi connectivity index (χ1n) is 6.22. The minimum atomic E-state index is -0.340. The third-order valence-electron chi connectivity index (χ3n) is 3.32. The van der Waals surface area contributed by atoms with E-state index in [0.717, 1.165) is 24.1 Å². The number of halogens is 1. The molecule has 3 rings (SSSR count). The van der Waals surface area contributed by atoms with E-state index in [1.807, 2.05) is 6.08 Å². The Labute approximate surface area is 110 Å². The maximum atomic E-state index is 12.8. The highest BCUT2D eigenvalue weighted by Gasteiger charge is 2.22. The fraction of sp³-hybridized carbons (Fsp3) is 0.200. The number of allylic oxidation sites excluding steroid dienone is 2. The van der Waals surface area contributed by atoms with Gasteiger partial charge in [0.25, 0.3) is 5.91 Å². The number of nitrogens with one attached hydrogen (secondary N) is 1. The molecule has 0 bridgehead atoms. The molecule has 1 atom stereocenters. The second-order valence-corrected chi connectivity index (χ2v) is 4.67. The summed E-state index contributed by atoms with van der Waals surface area (Å²) in [5.74, 6) is -0.512. The Hall–Kier alpha value is -2.23. The molecule has 96 valence electrons. The Morgan fingerprint density at radius 1 is 1.32 bits per heavy atom. The van der Waals surface area contributed by atoms with Crippen LogP contribution in [-0.4, -0.2) is 17.7 Å². The Morgan fingerprint density at radius 3 is 2.89 bits per heavy atom. The average Bonchev–Trinajstić information content (AvgIpc) is 2.87. The minimum Gasteiger partial charge on any atom is -0.349 e. The maximum absolute atomic E-state index is 12.8. The highest BCUT2D eigenvalue weighted by molar-refractivity contribution is 6.06. The molecule has 1 aliphatic heterocycles. The number of carbonyl (C=O) groups excluding carboxylic acids is 1. The van der Waals surface area contributed by atoms with E-state index in [9.17, 15) is 9.18 Å². The van der Waals surface area contributed by atoms with Crippen LogP contribution in [0.3, 0.4) is 0 Å². The van der Waals surface area contributed by atoms with Gasteiger partial charge in [0.05, 0.1) is 0 Å². The van der Waals surface area contributed by atoms with Crippen LogP contribution in [0.1, 0.15) is 23.2 Å². The average molecular weight is 256 g/mol. The molecule has 19 heavy (non-hydrogen) atoms. The van der Waals surface area contributed by atoms with Crippen molar-refractivity contribution in [1.82, 2.24) is 5.32 Å². The van der Waals surface area contributed by atoms with Crippen LogP contribution in [0.4, 0.5) is 4.39 Å². The highest BCUT2D eigenvalue weighted by atomic mass is 19.1. The summed E-state index contributed by atoms with van der Waals surface area (Å²) in [7, 11) is 0. The SMILES string of the molecule is O=C(NC1CC=C2C=CN=C2C1)c1ccc(F)cc1. The highest BCUT2D eigenvalue weighted by Crippen LogP contribution is 2.21. The van der Waals surface area contributed by atoms with Gasteiger partial charge < -0.3 is 5.32 Å². The molecule has 0 saturated heterocycles. The van der Waals surface area contributed by atoms with Crippen LogP contribution in [0.15, 0.2) is 53.2 Å². The van der Waals surface area contributed by atoms with Gasteiger partial charge >= 0.3 is 0 Å². The second-order valence-electron chi connectivity index (χ2n) is 4.67. The zero-order valence-corrected chi connectivity index (χ0v) is 10.3. The van der Waals surface area contributed by atoms with Gasteiger partial charge in [-0.25, -0.2) is 4.39 Å². The first-order chi connectivity index (χ1) is 9.22. The largest absolute Gasteiger partial charge is 0.349 e. The second kappa shape index (κ2) is 4.80. The van der Waals surface area contributed by atoms with E-state index in [1.54, 1.807) is 6.20 Å². The van der Waals surface area contributed by atoms with Gasteiger partial charge in [-0.15, -0.1) is 0 Å². The molecular formula is C15H13FN2O. The molecule has 1 aromatic carbocycles. The van der Waals surface area contributed by atoms with E-state index < -0.39 is 0 Å². The fourth-order valence-electron chi connectivity index (χ4n) is 2.30. The molecule has 4 heteroatoms. The van der Waals surface area contributed by atoms with Gasteiger partial charge in [0.2, 0.25) is 0 Å². The topological polar surface area (TPSA) is 41.5 Å². The number of amides is 1. The van der Waals surface area contributed by atoms with Gasteiger partial charge in [-0.05, 0) is 42.3 Å². The molecule has 1 unspecified atom stereocenters. The number of rotatable bonds is 2. The number of fused-ring (bicyclic) bond motifs is 1. The van der Waals surface area contributed by atoms with Crippen molar-refractivity contribution in [3.05, 3.63) is 59.6 Å². The molecule has 0 radical (unpaired) electrons. The lowest BCUT2D eigenvalue weighted by molar-refractivity contribution is 0.0938. The monoisotopic (exact) mass is 256 g/mol. The van der Waals surface area contributed by atoms with E-state index in [0.29, 0.717) is 5.56 Å². The summed E-state index contributed by atoms with van der Waals surface area (Å²) >= 11 is 0. The summed E-state index contributed by atoms with van der Waals surface area (Å²) in [6.07, 6.45) is 7.39. The quantitative estimate of drug-likeness (QED) is 0.868. The van der Waals surface area contributed by atoms with E-state index in [4.69, 9.17) is 0 Å². The van der Waals surface area contributed by atoms with Gasteiger partial charge in [-0.3, -0.25) is 9.79 Å². The Bertz CT molecular complexity index is 599. The van der Waals surface area contributed by atoms with E-state index >= 15 is 0 Å². The van der Waals surface area contributed by atoms with Crippen molar-refractivity contribution in [2.45, 2.75) is 18.9 Å². The Kier molecular flexibility index (Phi) is 2.99. The van der Waals surface area contributed by atoms with Crippen molar-refractivity contribution in [2.75, 3.05) is 0 Å². The summed E-state index contributed by atoms with van der Waals surface area (Å²) in [6.45, 7) is 0. The molecule has 1 aromatic rings. The van der Waals surface area contributed by atoms with Gasteiger partial charge in [0, 0.05) is 29.9 Å². The number of benzene rings is 1. The smallest absolute Gasteiger partial charge is 0.251 e. The Morgan fingerprint density at radius 2 is 2.11 bits per heavy atom. The van der Waals surface area contributed by atoms with Gasteiger partial charge in [-0.1, -0.05) is 6.08 Å².